The van der Waals surface area contributed by atoms with Crippen LogP contribution in [-0.2, 0) is 4.74 Å². The molecule has 0 aromatic carbocycles. The molecular formula is C13H28OSi. The number of ether oxygens (including phenoxy) is 1. The van der Waals surface area contributed by atoms with Crippen LogP contribution in [0.3, 0.4) is 0 Å². The lowest BCUT2D eigenvalue weighted by molar-refractivity contribution is 0.0949. The van der Waals surface area contributed by atoms with Crippen LogP contribution in [0.5, 0.6) is 0 Å². The lowest BCUT2D eigenvalue weighted by Gasteiger charge is -2.28. The van der Waals surface area contributed by atoms with E-state index in [0.29, 0.717) is 5.73 Å². The van der Waals surface area contributed by atoms with Crippen molar-refractivity contribution in [2.45, 2.75) is 76.6 Å². The van der Waals surface area contributed by atoms with Crippen LogP contribution in [0.4, 0.5) is 0 Å². The van der Waals surface area contributed by atoms with Gasteiger partial charge in [-0.05, 0) is 12.8 Å². The van der Waals surface area contributed by atoms with E-state index in [-0.39, 0.29) is 0 Å². The molecule has 0 aromatic heterocycles. The maximum Gasteiger partial charge on any atom is 0.0716 e. The molecule has 90 valence electrons. The van der Waals surface area contributed by atoms with Crippen molar-refractivity contribution in [3.05, 3.63) is 0 Å². The zero-order valence-corrected chi connectivity index (χ0v) is 11.8. The van der Waals surface area contributed by atoms with Crippen molar-refractivity contribution in [3.8, 4) is 0 Å². The highest BCUT2D eigenvalue weighted by atomic mass is 28.3. The lowest BCUT2D eigenvalue weighted by atomic mass is 10.3. The molecule has 0 bridgehead atoms. The van der Waals surface area contributed by atoms with Crippen LogP contribution in [-0.4, -0.2) is 21.1 Å². The van der Waals surface area contributed by atoms with Gasteiger partial charge in [-0.25, -0.2) is 0 Å². The second kappa shape index (κ2) is 8.34. The van der Waals surface area contributed by atoms with Crippen LogP contribution >= 0.6 is 0 Å². The molecule has 1 atom stereocenters. The Morgan fingerprint density at radius 3 is 2.40 bits per heavy atom. The molecule has 1 heterocycles. The van der Waals surface area contributed by atoms with Gasteiger partial charge >= 0.3 is 0 Å². The summed E-state index contributed by atoms with van der Waals surface area (Å²) in [5.41, 5.74) is 0.696. The molecule has 0 saturated carbocycles. The second-order valence-electron chi connectivity index (χ2n) is 4.92. The Morgan fingerprint density at radius 1 is 1.07 bits per heavy atom. The first kappa shape index (κ1) is 13.2. The van der Waals surface area contributed by atoms with Crippen molar-refractivity contribution in [1.29, 1.82) is 0 Å². The zero-order valence-electron chi connectivity index (χ0n) is 10.6. The molecule has 15 heavy (non-hydrogen) atoms. The van der Waals surface area contributed by atoms with Crippen LogP contribution in [0, 0.1) is 0 Å². The van der Waals surface area contributed by atoms with Gasteiger partial charge in [0.1, 0.15) is 0 Å². The summed E-state index contributed by atoms with van der Waals surface area (Å²) in [4.78, 5) is 0. The second-order valence-corrected chi connectivity index (χ2v) is 8.34. The van der Waals surface area contributed by atoms with E-state index in [2.05, 4.69) is 13.8 Å². The summed E-state index contributed by atoms with van der Waals surface area (Å²) in [5, 5.41) is 0. The number of hydrogen-bond donors (Lipinski definition) is 0. The third-order valence-corrected chi connectivity index (χ3v) is 7.67. The largest absolute Gasteiger partial charge is 0.382 e. The fraction of sp³-hybridized carbons (Fsp3) is 1.00. The first-order chi connectivity index (χ1) is 7.38. The number of rotatable bonds is 7. The quantitative estimate of drug-likeness (QED) is 0.474. The Labute approximate surface area is 97.2 Å². The molecule has 0 spiro atoms. The van der Waals surface area contributed by atoms with Crippen LogP contribution < -0.4 is 0 Å². The molecule has 1 aliphatic rings. The Bertz CT molecular complexity index is 143. The van der Waals surface area contributed by atoms with E-state index in [4.69, 9.17) is 4.74 Å². The van der Waals surface area contributed by atoms with Crippen molar-refractivity contribution >= 4 is 8.80 Å². The van der Waals surface area contributed by atoms with E-state index in [1.807, 2.05) is 0 Å². The maximum absolute atomic E-state index is 6.09. The highest BCUT2D eigenvalue weighted by molar-refractivity contribution is 6.60. The van der Waals surface area contributed by atoms with E-state index in [1.54, 1.807) is 12.1 Å². The Hall–Kier alpha value is 0.177. The van der Waals surface area contributed by atoms with Gasteiger partial charge in [0.15, 0.2) is 0 Å². The average Bonchev–Trinajstić information content (AvgIpc) is 2.30. The molecule has 0 radical (unpaired) electrons. The minimum absolute atomic E-state index is 0.515. The SMILES string of the molecule is CCCCCOC(CC)[SiH]1CCCCC1. The number of hydrogen-bond acceptors (Lipinski definition) is 1. The van der Waals surface area contributed by atoms with Gasteiger partial charge in [0.05, 0.1) is 8.80 Å². The van der Waals surface area contributed by atoms with Crippen LogP contribution in [0.2, 0.25) is 12.1 Å². The summed E-state index contributed by atoms with van der Waals surface area (Å²) in [6.45, 7) is 5.59. The predicted molar refractivity (Wildman–Crippen MR) is 70.2 cm³/mol. The molecule has 0 amide bonds. The normalized spacial score (nSPS) is 20.4. The van der Waals surface area contributed by atoms with E-state index >= 15 is 0 Å². The smallest absolute Gasteiger partial charge is 0.0716 e. The van der Waals surface area contributed by atoms with Crippen LogP contribution in [0.1, 0.15) is 58.8 Å². The summed E-state index contributed by atoms with van der Waals surface area (Å²) in [6.07, 6.45) is 9.65. The highest BCUT2D eigenvalue weighted by Gasteiger charge is 2.23. The molecule has 2 heteroatoms. The number of unbranched alkanes of at least 4 members (excludes halogenated alkanes) is 2. The van der Waals surface area contributed by atoms with Gasteiger partial charge < -0.3 is 4.74 Å². The summed E-state index contributed by atoms with van der Waals surface area (Å²) in [6, 6.07) is 3.10. The Kier molecular flexibility index (Phi) is 7.37. The molecule has 1 saturated heterocycles. The van der Waals surface area contributed by atoms with Crippen molar-refractivity contribution < 1.29 is 4.74 Å². The van der Waals surface area contributed by atoms with Crippen LogP contribution in [0.15, 0.2) is 0 Å². The summed E-state index contributed by atoms with van der Waals surface area (Å²) in [7, 11) is -0.515. The summed E-state index contributed by atoms with van der Waals surface area (Å²) >= 11 is 0. The van der Waals surface area contributed by atoms with Crippen molar-refractivity contribution in [1.82, 2.24) is 0 Å². The van der Waals surface area contributed by atoms with E-state index in [0.717, 1.165) is 6.61 Å². The lowest BCUT2D eigenvalue weighted by Crippen LogP contribution is -2.34. The Morgan fingerprint density at radius 2 is 1.80 bits per heavy atom. The monoisotopic (exact) mass is 228 g/mol. The van der Waals surface area contributed by atoms with Gasteiger partial charge in [-0.2, -0.15) is 0 Å². The van der Waals surface area contributed by atoms with Gasteiger partial charge in [-0.3, -0.25) is 0 Å². The fourth-order valence-corrected chi connectivity index (χ4v) is 6.41. The Balaban J connectivity index is 2.15. The van der Waals surface area contributed by atoms with E-state index in [9.17, 15) is 0 Å². The van der Waals surface area contributed by atoms with Gasteiger partial charge in [0.25, 0.3) is 0 Å². The molecular weight excluding hydrogens is 200 g/mol. The summed E-state index contributed by atoms with van der Waals surface area (Å²) < 4.78 is 6.09. The highest BCUT2D eigenvalue weighted by Crippen LogP contribution is 2.23. The molecule has 1 rings (SSSR count). The average molecular weight is 228 g/mol. The zero-order chi connectivity index (χ0) is 10.9. The van der Waals surface area contributed by atoms with E-state index < -0.39 is 8.80 Å². The van der Waals surface area contributed by atoms with Crippen molar-refractivity contribution in [2.24, 2.45) is 0 Å². The molecule has 1 nitrogen and oxygen atoms in total. The molecule has 1 fully saturated rings. The minimum Gasteiger partial charge on any atom is -0.382 e. The molecule has 0 aliphatic carbocycles. The third kappa shape index (κ3) is 5.16. The van der Waals surface area contributed by atoms with Gasteiger partial charge in [0.2, 0.25) is 0 Å². The van der Waals surface area contributed by atoms with Gasteiger partial charge in [-0.15, -0.1) is 0 Å². The fourth-order valence-electron chi connectivity index (χ4n) is 2.68. The predicted octanol–water partition coefficient (Wildman–Crippen LogP) is 3.92. The molecule has 0 N–H and O–H groups in total. The third-order valence-electron chi connectivity index (χ3n) is 3.66. The summed E-state index contributed by atoms with van der Waals surface area (Å²) in [5.74, 6) is 0. The van der Waals surface area contributed by atoms with Gasteiger partial charge in [-0.1, -0.05) is 58.0 Å². The minimum atomic E-state index is -0.515. The van der Waals surface area contributed by atoms with Crippen molar-refractivity contribution in [2.75, 3.05) is 6.61 Å². The standard InChI is InChI=1S/C13H28OSi/c1-3-5-7-10-14-13(4-2)15-11-8-6-9-12-15/h13,15H,3-12H2,1-2H3. The first-order valence-corrected chi connectivity index (χ1v) is 9.30. The van der Waals surface area contributed by atoms with Gasteiger partial charge in [0, 0.05) is 12.3 Å². The van der Waals surface area contributed by atoms with Crippen molar-refractivity contribution in [3.63, 3.8) is 0 Å². The maximum atomic E-state index is 6.09. The topological polar surface area (TPSA) is 9.23 Å². The molecule has 1 unspecified atom stereocenters. The van der Waals surface area contributed by atoms with E-state index in [1.165, 1.54) is 44.9 Å². The molecule has 0 aromatic rings. The molecule has 1 aliphatic heterocycles. The van der Waals surface area contributed by atoms with Crippen LogP contribution in [0.25, 0.3) is 0 Å². The first-order valence-electron chi connectivity index (χ1n) is 7.00.